The predicted octanol–water partition coefficient (Wildman–Crippen LogP) is 4.57. The molecule has 6 heteroatoms. The number of ether oxygens (including phenoxy) is 4. The van der Waals surface area contributed by atoms with Gasteiger partial charge in [0, 0.05) is 12.8 Å². The Morgan fingerprint density at radius 1 is 0.833 bits per heavy atom. The van der Waals surface area contributed by atoms with Crippen LogP contribution in [0.15, 0.2) is 0 Å². The zero-order valence-electron chi connectivity index (χ0n) is 19.2. The molecule has 172 valence electrons. The number of esters is 2. The number of carbonyl (C=O) groups excluding carboxylic acids is 2. The lowest BCUT2D eigenvalue weighted by molar-refractivity contribution is -0.156. The molecule has 0 aromatic rings. The first kappa shape index (κ1) is 23.5. The van der Waals surface area contributed by atoms with Gasteiger partial charge in [-0.15, -0.1) is 0 Å². The minimum Gasteiger partial charge on any atom is -0.463 e. The van der Waals surface area contributed by atoms with Crippen LogP contribution in [-0.4, -0.2) is 48.6 Å². The van der Waals surface area contributed by atoms with Gasteiger partial charge in [-0.2, -0.15) is 0 Å². The van der Waals surface area contributed by atoms with Gasteiger partial charge in [-0.05, 0) is 24.7 Å². The van der Waals surface area contributed by atoms with Crippen molar-refractivity contribution >= 4 is 11.9 Å². The molecule has 2 heterocycles. The molecule has 6 nitrogen and oxygen atoms in total. The molecule has 1 saturated carbocycles. The molecular weight excluding hydrogens is 384 g/mol. The summed E-state index contributed by atoms with van der Waals surface area (Å²) in [6.45, 7) is 9.33. The summed E-state index contributed by atoms with van der Waals surface area (Å²) in [4.78, 5) is 26.1. The molecule has 6 atom stereocenters. The molecule has 2 aliphatic heterocycles. The van der Waals surface area contributed by atoms with Gasteiger partial charge in [-0.25, -0.2) is 9.59 Å². The molecule has 30 heavy (non-hydrogen) atoms. The van der Waals surface area contributed by atoms with Crippen molar-refractivity contribution in [2.75, 3.05) is 13.2 Å². The highest BCUT2D eigenvalue weighted by Crippen LogP contribution is 2.63. The van der Waals surface area contributed by atoms with E-state index in [0.29, 0.717) is 37.9 Å². The quantitative estimate of drug-likeness (QED) is 0.300. The van der Waals surface area contributed by atoms with Gasteiger partial charge in [0.25, 0.3) is 0 Å². The van der Waals surface area contributed by atoms with Gasteiger partial charge in [0.1, 0.15) is 0 Å². The van der Waals surface area contributed by atoms with E-state index in [1.165, 1.54) is 0 Å². The van der Waals surface area contributed by atoms with Crippen LogP contribution in [0.1, 0.15) is 91.9 Å². The summed E-state index contributed by atoms with van der Waals surface area (Å²) in [6.07, 6.45) is 9.33. The van der Waals surface area contributed by atoms with E-state index in [1.54, 1.807) is 0 Å². The summed E-state index contributed by atoms with van der Waals surface area (Å²) in [5.41, 5.74) is -2.42. The normalized spacial score (nSPS) is 33.1. The van der Waals surface area contributed by atoms with Crippen molar-refractivity contribution < 1.29 is 28.5 Å². The Morgan fingerprint density at radius 3 is 1.63 bits per heavy atom. The lowest BCUT2D eigenvalue weighted by Gasteiger charge is -2.22. The van der Waals surface area contributed by atoms with Crippen LogP contribution in [0.2, 0.25) is 0 Å². The highest BCUT2D eigenvalue weighted by molar-refractivity contribution is 5.98. The van der Waals surface area contributed by atoms with Gasteiger partial charge in [-0.1, -0.05) is 66.2 Å². The summed E-state index contributed by atoms with van der Waals surface area (Å²) in [5, 5.41) is 0. The molecule has 3 aliphatic rings. The Balaban J connectivity index is 1.59. The molecule has 0 aromatic carbocycles. The Labute approximate surface area is 181 Å². The SMILES string of the molecule is CCCCC(CC)COC(=O)C12CC3OC3CC1(C(=O)OCC(CC)CCCC)O2. The third kappa shape index (κ3) is 4.69. The zero-order chi connectivity index (χ0) is 21.8. The van der Waals surface area contributed by atoms with Crippen LogP contribution in [0.5, 0.6) is 0 Å². The maximum absolute atomic E-state index is 13.1. The lowest BCUT2D eigenvalue weighted by atomic mass is 9.79. The van der Waals surface area contributed by atoms with E-state index in [9.17, 15) is 9.59 Å². The van der Waals surface area contributed by atoms with E-state index in [2.05, 4.69) is 27.7 Å². The Morgan fingerprint density at radius 2 is 1.27 bits per heavy atom. The Kier molecular flexibility index (Phi) is 7.83. The number of rotatable bonds is 14. The average Bonchev–Trinajstić information content (AvgIpc) is 3.65. The standard InChI is InChI=1S/C24H40O6/c1-5-9-11-17(7-3)15-27-21(25)23-13-19-20(29-19)14-24(23,30-23)22(26)28-16-18(8-4)12-10-6-2/h17-20H,5-16H2,1-4H3. The van der Waals surface area contributed by atoms with E-state index in [4.69, 9.17) is 18.9 Å². The van der Waals surface area contributed by atoms with Crippen LogP contribution < -0.4 is 0 Å². The van der Waals surface area contributed by atoms with Gasteiger partial charge in [-0.3, -0.25) is 0 Å². The molecule has 0 spiro atoms. The minimum atomic E-state index is -1.21. The van der Waals surface area contributed by atoms with Crippen LogP contribution in [0.25, 0.3) is 0 Å². The van der Waals surface area contributed by atoms with Gasteiger partial charge in [0.05, 0.1) is 25.4 Å². The highest BCUT2D eigenvalue weighted by Gasteiger charge is 2.86. The van der Waals surface area contributed by atoms with Crippen molar-refractivity contribution in [1.29, 1.82) is 0 Å². The molecule has 0 bridgehead atoms. The summed E-state index contributed by atoms with van der Waals surface area (Å²) in [5.74, 6) is -0.131. The lowest BCUT2D eigenvalue weighted by Crippen LogP contribution is -2.46. The maximum Gasteiger partial charge on any atom is 0.342 e. The molecule has 3 rings (SSSR count). The fourth-order valence-corrected chi connectivity index (χ4v) is 4.79. The maximum atomic E-state index is 13.1. The van der Waals surface area contributed by atoms with Gasteiger partial charge in [0.2, 0.25) is 11.2 Å². The smallest absolute Gasteiger partial charge is 0.342 e. The predicted molar refractivity (Wildman–Crippen MR) is 113 cm³/mol. The fourth-order valence-electron chi connectivity index (χ4n) is 4.79. The molecule has 6 unspecified atom stereocenters. The number of carbonyl (C=O) groups is 2. The highest BCUT2D eigenvalue weighted by atomic mass is 16.7. The van der Waals surface area contributed by atoms with Crippen LogP contribution in [0.4, 0.5) is 0 Å². The minimum absolute atomic E-state index is 0.00372. The van der Waals surface area contributed by atoms with E-state index in [-0.39, 0.29) is 12.2 Å². The number of epoxide rings is 2. The fraction of sp³-hybridized carbons (Fsp3) is 0.917. The van der Waals surface area contributed by atoms with E-state index in [1.807, 2.05) is 0 Å². The van der Waals surface area contributed by atoms with E-state index >= 15 is 0 Å². The average molecular weight is 425 g/mol. The second-order valence-corrected chi connectivity index (χ2v) is 9.41. The first-order chi connectivity index (χ1) is 14.5. The summed E-state index contributed by atoms with van der Waals surface area (Å²) in [7, 11) is 0. The number of fused-ring (bicyclic) bond motifs is 2. The largest absolute Gasteiger partial charge is 0.463 e. The third-order valence-corrected chi connectivity index (χ3v) is 7.27. The molecular formula is C24H40O6. The van der Waals surface area contributed by atoms with Gasteiger partial charge >= 0.3 is 11.9 Å². The van der Waals surface area contributed by atoms with E-state index in [0.717, 1.165) is 51.4 Å². The summed E-state index contributed by atoms with van der Waals surface area (Å²) in [6, 6.07) is 0. The first-order valence-electron chi connectivity index (χ1n) is 12.2. The number of hydrogen-bond acceptors (Lipinski definition) is 6. The third-order valence-electron chi connectivity index (χ3n) is 7.27. The number of unbranched alkanes of at least 4 members (excludes halogenated alkanes) is 2. The second kappa shape index (κ2) is 9.99. The van der Waals surface area contributed by atoms with Gasteiger partial charge in [0.15, 0.2) is 0 Å². The van der Waals surface area contributed by atoms with Crippen molar-refractivity contribution in [2.24, 2.45) is 11.8 Å². The first-order valence-corrected chi connectivity index (χ1v) is 12.2. The van der Waals surface area contributed by atoms with Crippen LogP contribution in [0, 0.1) is 11.8 Å². The molecule has 0 N–H and O–H groups in total. The zero-order valence-corrected chi connectivity index (χ0v) is 19.2. The monoisotopic (exact) mass is 424 g/mol. The van der Waals surface area contributed by atoms with Gasteiger partial charge < -0.3 is 18.9 Å². The summed E-state index contributed by atoms with van der Waals surface area (Å²) < 4.78 is 23.0. The number of hydrogen-bond donors (Lipinski definition) is 0. The Hall–Kier alpha value is -1.14. The molecule has 0 radical (unpaired) electrons. The van der Waals surface area contributed by atoms with Crippen LogP contribution in [-0.2, 0) is 28.5 Å². The molecule has 1 aliphatic carbocycles. The van der Waals surface area contributed by atoms with Crippen molar-refractivity contribution in [3.63, 3.8) is 0 Å². The van der Waals surface area contributed by atoms with Crippen LogP contribution in [0.3, 0.4) is 0 Å². The second-order valence-electron chi connectivity index (χ2n) is 9.41. The molecule has 0 aromatic heterocycles. The van der Waals surface area contributed by atoms with Crippen molar-refractivity contribution in [2.45, 2.75) is 115 Å². The molecule has 3 fully saturated rings. The van der Waals surface area contributed by atoms with Crippen molar-refractivity contribution in [1.82, 2.24) is 0 Å². The topological polar surface area (TPSA) is 77.7 Å². The molecule has 0 amide bonds. The molecule has 2 saturated heterocycles. The van der Waals surface area contributed by atoms with Crippen molar-refractivity contribution in [3.05, 3.63) is 0 Å². The summed E-state index contributed by atoms with van der Waals surface area (Å²) >= 11 is 0. The Bertz CT molecular complexity index is 557. The van der Waals surface area contributed by atoms with E-state index < -0.39 is 23.1 Å². The van der Waals surface area contributed by atoms with Crippen molar-refractivity contribution in [3.8, 4) is 0 Å². The van der Waals surface area contributed by atoms with Crippen LogP contribution >= 0.6 is 0 Å².